The van der Waals surface area contributed by atoms with Gasteiger partial charge in [-0.2, -0.15) is 0 Å². The molecule has 106 valence electrons. The largest absolute Gasteiger partial charge is 0.486 e. The van der Waals surface area contributed by atoms with E-state index in [0.29, 0.717) is 13.2 Å². The first-order chi connectivity index (χ1) is 9.25. The lowest BCUT2D eigenvalue weighted by Crippen LogP contribution is -2.19. The van der Waals surface area contributed by atoms with Crippen LogP contribution in [-0.2, 0) is 6.54 Å². The molecule has 19 heavy (non-hydrogen) atoms. The van der Waals surface area contributed by atoms with Gasteiger partial charge in [-0.1, -0.05) is 6.07 Å². The highest BCUT2D eigenvalue weighted by atomic mass is 16.6. The van der Waals surface area contributed by atoms with Crippen molar-refractivity contribution >= 4 is 0 Å². The van der Waals surface area contributed by atoms with Crippen LogP contribution in [0.2, 0.25) is 0 Å². The third kappa shape index (κ3) is 4.73. The van der Waals surface area contributed by atoms with Gasteiger partial charge in [0, 0.05) is 6.54 Å². The van der Waals surface area contributed by atoms with Gasteiger partial charge in [-0.15, -0.1) is 0 Å². The molecule has 0 unspecified atom stereocenters. The van der Waals surface area contributed by atoms with Crippen LogP contribution in [0.5, 0.6) is 11.5 Å². The Labute approximate surface area is 115 Å². The van der Waals surface area contributed by atoms with Crippen LogP contribution in [0.1, 0.15) is 18.4 Å². The number of rotatable bonds is 7. The van der Waals surface area contributed by atoms with Crippen molar-refractivity contribution in [3.63, 3.8) is 0 Å². The lowest BCUT2D eigenvalue weighted by Gasteiger charge is -2.19. The van der Waals surface area contributed by atoms with Gasteiger partial charge in [-0.3, -0.25) is 0 Å². The number of benzene rings is 1. The summed E-state index contributed by atoms with van der Waals surface area (Å²) in [6, 6.07) is 6.17. The monoisotopic (exact) mass is 264 g/mol. The molecule has 1 aliphatic heterocycles. The van der Waals surface area contributed by atoms with E-state index >= 15 is 0 Å². The van der Waals surface area contributed by atoms with Gasteiger partial charge in [0.15, 0.2) is 11.5 Å². The molecule has 2 rings (SSSR count). The number of hydrogen-bond donors (Lipinski definition) is 1. The summed E-state index contributed by atoms with van der Waals surface area (Å²) in [5, 5.41) is 3.47. The second-order valence-corrected chi connectivity index (χ2v) is 5.17. The predicted molar refractivity (Wildman–Crippen MR) is 76.9 cm³/mol. The fourth-order valence-electron chi connectivity index (χ4n) is 2.11. The average molecular weight is 264 g/mol. The van der Waals surface area contributed by atoms with Crippen molar-refractivity contribution in [3.05, 3.63) is 23.8 Å². The molecule has 1 N–H and O–H groups in total. The van der Waals surface area contributed by atoms with Crippen molar-refractivity contribution in [2.45, 2.75) is 19.4 Å². The molecule has 4 heteroatoms. The van der Waals surface area contributed by atoms with Gasteiger partial charge in [0.25, 0.3) is 0 Å². The molecule has 0 atom stereocenters. The summed E-state index contributed by atoms with van der Waals surface area (Å²) in [5.41, 5.74) is 1.25. The highest BCUT2D eigenvalue weighted by Crippen LogP contribution is 2.30. The van der Waals surface area contributed by atoms with Crippen LogP contribution in [-0.4, -0.2) is 45.3 Å². The second kappa shape index (κ2) is 7.36. The first-order valence-electron chi connectivity index (χ1n) is 6.99. The summed E-state index contributed by atoms with van der Waals surface area (Å²) < 4.78 is 11.1. The lowest BCUT2D eigenvalue weighted by atomic mass is 10.2. The second-order valence-electron chi connectivity index (χ2n) is 5.17. The van der Waals surface area contributed by atoms with Crippen molar-refractivity contribution in [1.82, 2.24) is 10.2 Å². The third-order valence-corrected chi connectivity index (χ3v) is 3.14. The van der Waals surface area contributed by atoms with Crippen molar-refractivity contribution in [3.8, 4) is 11.5 Å². The Bertz CT molecular complexity index is 394. The maximum absolute atomic E-state index is 5.58. The summed E-state index contributed by atoms with van der Waals surface area (Å²) >= 11 is 0. The van der Waals surface area contributed by atoms with Crippen molar-refractivity contribution in [2.75, 3.05) is 40.4 Å². The molecule has 0 spiro atoms. The van der Waals surface area contributed by atoms with Gasteiger partial charge in [0.1, 0.15) is 13.2 Å². The Hall–Kier alpha value is -1.26. The maximum Gasteiger partial charge on any atom is 0.161 e. The van der Waals surface area contributed by atoms with Crippen molar-refractivity contribution in [2.24, 2.45) is 0 Å². The van der Waals surface area contributed by atoms with Crippen LogP contribution in [0.25, 0.3) is 0 Å². The first-order valence-corrected chi connectivity index (χ1v) is 6.99. The summed E-state index contributed by atoms with van der Waals surface area (Å²) in [6.45, 7) is 4.40. The number of unbranched alkanes of at least 4 members (excludes halogenated alkanes) is 1. The third-order valence-electron chi connectivity index (χ3n) is 3.14. The number of nitrogens with one attached hydrogen (secondary N) is 1. The molecule has 0 aromatic heterocycles. The van der Waals surface area contributed by atoms with Gasteiger partial charge in [-0.25, -0.2) is 0 Å². The Balaban J connectivity index is 1.68. The molecule has 0 aliphatic carbocycles. The maximum atomic E-state index is 5.58. The Morgan fingerprint density at radius 1 is 1.11 bits per heavy atom. The highest BCUT2D eigenvalue weighted by molar-refractivity contribution is 5.43. The van der Waals surface area contributed by atoms with Crippen molar-refractivity contribution in [1.29, 1.82) is 0 Å². The molecular weight excluding hydrogens is 240 g/mol. The molecule has 0 amide bonds. The lowest BCUT2D eigenvalue weighted by molar-refractivity contribution is 0.171. The van der Waals surface area contributed by atoms with Gasteiger partial charge >= 0.3 is 0 Å². The van der Waals surface area contributed by atoms with E-state index in [1.165, 1.54) is 18.4 Å². The van der Waals surface area contributed by atoms with Gasteiger partial charge in [0.05, 0.1) is 0 Å². The quantitative estimate of drug-likeness (QED) is 0.763. The zero-order chi connectivity index (χ0) is 13.5. The topological polar surface area (TPSA) is 33.7 Å². The Kier molecular flexibility index (Phi) is 5.48. The number of nitrogens with zero attached hydrogens (tertiary/aromatic N) is 1. The van der Waals surface area contributed by atoms with Gasteiger partial charge < -0.3 is 19.7 Å². The van der Waals surface area contributed by atoms with Crippen LogP contribution in [0.4, 0.5) is 0 Å². The molecule has 1 aromatic rings. The van der Waals surface area contributed by atoms with E-state index in [2.05, 4.69) is 36.4 Å². The van der Waals surface area contributed by atoms with E-state index < -0.39 is 0 Å². The van der Waals surface area contributed by atoms with E-state index in [1.54, 1.807) is 0 Å². The Morgan fingerprint density at radius 2 is 1.89 bits per heavy atom. The van der Waals surface area contributed by atoms with Crippen LogP contribution in [0.15, 0.2) is 18.2 Å². The number of hydrogen-bond acceptors (Lipinski definition) is 4. The van der Waals surface area contributed by atoms with E-state index in [1.807, 2.05) is 6.07 Å². The van der Waals surface area contributed by atoms with E-state index in [4.69, 9.17) is 9.47 Å². The van der Waals surface area contributed by atoms with E-state index in [9.17, 15) is 0 Å². The average Bonchev–Trinajstić information content (AvgIpc) is 2.42. The van der Waals surface area contributed by atoms with E-state index in [0.717, 1.165) is 31.1 Å². The summed E-state index contributed by atoms with van der Waals surface area (Å²) in [5.74, 6) is 1.74. The molecule has 0 radical (unpaired) electrons. The molecule has 0 saturated heterocycles. The standard InChI is InChI=1S/C15H24N2O2/c1-17(2)8-4-3-7-16-12-13-5-6-14-15(11-13)19-10-9-18-14/h5-6,11,16H,3-4,7-10,12H2,1-2H3. The van der Waals surface area contributed by atoms with Crippen LogP contribution in [0, 0.1) is 0 Å². The number of fused-ring (bicyclic) bond motifs is 1. The minimum Gasteiger partial charge on any atom is -0.486 e. The smallest absolute Gasteiger partial charge is 0.161 e. The fraction of sp³-hybridized carbons (Fsp3) is 0.600. The molecular formula is C15H24N2O2. The minimum absolute atomic E-state index is 0.647. The van der Waals surface area contributed by atoms with Crippen LogP contribution >= 0.6 is 0 Å². The predicted octanol–water partition coefficient (Wildman–Crippen LogP) is 1.89. The zero-order valence-corrected chi connectivity index (χ0v) is 11.9. The molecule has 0 bridgehead atoms. The highest BCUT2D eigenvalue weighted by Gasteiger charge is 2.11. The van der Waals surface area contributed by atoms with Gasteiger partial charge in [0.2, 0.25) is 0 Å². The summed E-state index contributed by atoms with van der Waals surface area (Å²) in [7, 11) is 4.23. The normalized spacial score (nSPS) is 13.8. The molecule has 1 heterocycles. The fourth-order valence-corrected chi connectivity index (χ4v) is 2.11. The molecule has 0 fully saturated rings. The summed E-state index contributed by atoms with van der Waals surface area (Å²) in [4.78, 5) is 2.22. The molecule has 0 saturated carbocycles. The Morgan fingerprint density at radius 3 is 2.68 bits per heavy atom. The number of ether oxygens (including phenoxy) is 2. The van der Waals surface area contributed by atoms with E-state index in [-0.39, 0.29) is 0 Å². The molecule has 1 aromatic carbocycles. The van der Waals surface area contributed by atoms with Crippen LogP contribution in [0.3, 0.4) is 0 Å². The minimum atomic E-state index is 0.647. The SMILES string of the molecule is CN(C)CCCCNCc1ccc2c(c1)OCCO2. The van der Waals surface area contributed by atoms with Crippen LogP contribution < -0.4 is 14.8 Å². The van der Waals surface area contributed by atoms with Crippen molar-refractivity contribution < 1.29 is 9.47 Å². The first kappa shape index (κ1) is 14.2. The zero-order valence-electron chi connectivity index (χ0n) is 11.9. The van der Waals surface area contributed by atoms with Gasteiger partial charge in [-0.05, 0) is 57.7 Å². The summed E-state index contributed by atoms with van der Waals surface area (Å²) in [6.07, 6.45) is 2.45. The molecule has 4 nitrogen and oxygen atoms in total. The molecule has 1 aliphatic rings.